The van der Waals surface area contributed by atoms with Crippen LogP contribution in [-0.4, -0.2) is 51.6 Å². The lowest BCUT2D eigenvalue weighted by molar-refractivity contribution is 0.0768. The predicted octanol–water partition coefficient (Wildman–Crippen LogP) is 1.94. The van der Waals surface area contributed by atoms with E-state index in [1.165, 1.54) is 17.7 Å². The van der Waals surface area contributed by atoms with Crippen LogP contribution in [0.5, 0.6) is 0 Å². The minimum Gasteiger partial charge on any atom is -0.381 e. The Morgan fingerprint density at radius 1 is 1.28 bits per heavy atom. The molecular formula is C18H24N2O4S. The summed E-state index contributed by atoms with van der Waals surface area (Å²) in [7, 11) is -3.64. The maximum absolute atomic E-state index is 12.6. The van der Waals surface area contributed by atoms with Gasteiger partial charge in [0.25, 0.3) is 5.91 Å². The van der Waals surface area contributed by atoms with Gasteiger partial charge in [0.05, 0.1) is 4.90 Å². The van der Waals surface area contributed by atoms with Gasteiger partial charge in [0.15, 0.2) is 0 Å². The molecule has 2 heterocycles. The Morgan fingerprint density at radius 3 is 2.72 bits per heavy atom. The molecule has 0 radical (unpaired) electrons. The molecule has 1 N–H and O–H groups in total. The lowest BCUT2D eigenvalue weighted by Gasteiger charge is -2.26. The van der Waals surface area contributed by atoms with Crippen molar-refractivity contribution in [2.24, 2.45) is 0 Å². The highest BCUT2D eigenvalue weighted by Crippen LogP contribution is 2.18. The third kappa shape index (κ3) is 4.48. The molecule has 136 valence electrons. The molecule has 0 atom stereocenters. The van der Waals surface area contributed by atoms with Gasteiger partial charge in [-0.1, -0.05) is 17.7 Å². The summed E-state index contributed by atoms with van der Waals surface area (Å²) in [6.07, 6.45) is 4.22. The summed E-state index contributed by atoms with van der Waals surface area (Å²) >= 11 is 0. The van der Waals surface area contributed by atoms with Crippen molar-refractivity contribution in [2.45, 2.75) is 37.1 Å². The number of rotatable bonds is 4. The van der Waals surface area contributed by atoms with E-state index in [2.05, 4.69) is 11.6 Å². The zero-order valence-electron chi connectivity index (χ0n) is 14.4. The van der Waals surface area contributed by atoms with Crippen molar-refractivity contribution in [3.8, 4) is 0 Å². The van der Waals surface area contributed by atoms with Crippen molar-refractivity contribution in [2.75, 3.05) is 26.3 Å². The zero-order chi connectivity index (χ0) is 17.9. The monoisotopic (exact) mass is 364 g/mol. The molecule has 7 heteroatoms. The fraction of sp³-hybridized carbons (Fsp3) is 0.500. The largest absolute Gasteiger partial charge is 0.381 e. The summed E-state index contributed by atoms with van der Waals surface area (Å²) in [5.74, 6) is -0.133. The van der Waals surface area contributed by atoms with E-state index in [1.807, 2.05) is 6.08 Å². The summed E-state index contributed by atoms with van der Waals surface area (Å²) < 4.78 is 33.2. The van der Waals surface area contributed by atoms with Crippen molar-refractivity contribution >= 4 is 15.9 Å². The molecule has 2 aliphatic rings. The Bertz CT molecular complexity index is 767. The van der Waals surface area contributed by atoms with Crippen molar-refractivity contribution < 1.29 is 17.9 Å². The van der Waals surface area contributed by atoms with E-state index in [0.29, 0.717) is 44.7 Å². The highest BCUT2D eigenvalue weighted by atomic mass is 32.2. The molecule has 0 bridgehead atoms. The minimum absolute atomic E-state index is 0.117. The summed E-state index contributed by atoms with van der Waals surface area (Å²) in [5, 5.41) is 0. The molecule has 0 spiro atoms. The van der Waals surface area contributed by atoms with Gasteiger partial charge in [0.2, 0.25) is 10.0 Å². The number of nitrogens with one attached hydrogen (secondary N) is 1. The number of hydrogen-bond acceptors (Lipinski definition) is 4. The molecule has 3 rings (SSSR count). The standard InChI is InChI=1S/C18H24N2O4S/c1-14-5-9-20(10-6-14)18(21)15-3-2-4-17(13-15)25(22,23)19-16-7-11-24-12-8-16/h2-5,13,16,19H,6-12H2,1H3. The molecule has 0 saturated carbocycles. The van der Waals surface area contributed by atoms with Gasteiger partial charge in [-0.05, 0) is 44.4 Å². The highest BCUT2D eigenvalue weighted by Gasteiger charge is 2.24. The van der Waals surface area contributed by atoms with Crippen LogP contribution in [0.2, 0.25) is 0 Å². The number of carbonyl (C=O) groups excluding carboxylic acids is 1. The summed E-state index contributed by atoms with van der Waals surface area (Å²) in [6.45, 7) is 4.42. The Kier molecular flexibility index (Phi) is 5.56. The summed E-state index contributed by atoms with van der Waals surface area (Å²) in [6, 6.07) is 6.17. The van der Waals surface area contributed by atoms with Crippen molar-refractivity contribution in [1.29, 1.82) is 0 Å². The van der Waals surface area contributed by atoms with E-state index in [1.54, 1.807) is 17.0 Å². The third-order valence-corrected chi connectivity index (χ3v) is 6.18. The number of amides is 1. The molecule has 2 aliphatic heterocycles. The van der Waals surface area contributed by atoms with Crippen molar-refractivity contribution in [1.82, 2.24) is 9.62 Å². The maximum Gasteiger partial charge on any atom is 0.254 e. The number of hydrogen-bond donors (Lipinski definition) is 1. The number of sulfonamides is 1. The van der Waals surface area contributed by atoms with Gasteiger partial charge < -0.3 is 9.64 Å². The van der Waals surface area contributed by atoms with Crippen LogP contribution < -0.4 is 4.72 Å². The van der Waals surface area contributed by atoms with Gasteiger partial charge in [-0.25, -0.2) is 13.1 Å². The number of carbonyl (C=O) groups is 1. The first-order chi connectivity index (χ1) is 12.0. The first kappa shape index (κ1) is 18.1. The van der Waals surface area contributed by atoms with Crippen LogP contribution >= 0.6 is 0 Å². The van der Waals surface area contributed by atoms with E-state index in [4.69, 9.17) is 4.74 Å². The molecule has 6 nitrogen and oxygen atoms in total. The molecule has 1 aromatic rings. The van der Waals surface area contributed by atoms with Gasteiger partial charge in [0, 0.05) is 37.9 Å². The predicted molar refractivity (Wildman–Crippen MR) is 94.9 cm³/mol. The highest BCUT2D eigenvalue weighted by molar-refractivity contribution is 7.89. The molecule has 0 aromatic heterocycles. The number of benzene rings is 1. The Hall–Kier alpha value is -1.70. The third-order valence-electron chi connectivity index (χ3n) is 4.66. The second-order valence-electron chi connectivity index (χ2n) is 6.59. The van der Waals surface area contributed by atoms with Gasteiger partial charge in [-0.3, -0.25) is 4.79 Å². The van der Waals surface area contributed by atoms with E-state index >= 15 is 0 Å². The van der Waals surface area contributed by atoms with Crippen LogP contribution in [0.1, 0.15) is 36.5 Å². The van der Waals surface area contributed by atoms with Crippen LogP contribution in [0.25, 0.3) is 0 Å². The van der Waals surface area contributed by atoms with E-state index in [9.17, 15) is 13.2 Å². The number of ether oxygens (including phenoxy) is 1. The van der Waals surface area contributed by atoms with Crippen molar-refractivity contribution in [3.05, 3.63) is 41.5 Å². The molecule has 0 aliphatic carbocycles. The van der Waals surface area contributed by atoms with Gasteiger partial charge >= 0.3 is 0 Å². The number of nitrogens with zero attached hydrogens (tertiary/aromatic N) is 1. The first-order valence-corrected chi connectivity index (χ1v) is 10.1. The average Bonchev–Trinajstić information content (AvgIpc) is 2.62. The van der Waals surface area contributed by atoms with Crippen molar-refractivity contribution in [3.63, 3.8) is 0 Å². The smallest absolute Gasteiger partial charge is 0.254 e. The van der Waals surface area contributed by atoms with E-state index in [-0.39, 0.29) is 16.8 Å². The molecule has 1 fully saturated rings. The lowest BCUT2D eigenvalue weighted by atomic mass is 10.1. The summed E-state index contributed by atoms with van der Waals surface area (Å²) in [5.41, 5.74) is 1.68. The molecule has 25 heavy (non-hydrogen) atoms. The van der Waals surface area contributed by atoms with E-state index in [0.717, 1.165) is 6.42 Å². The molecule has 0 unspecified atom stereocenters. The molecule has 1 saturated heterocycles. The maximum atomic E-state index is 12.6. The normalized spacial score (nSPS) is 19.6. The quantitative estimate of drug-likeness (QED) is 0.829. The second-order valence-corrected chi connectivity index (χ2v) is 8.30. The van der Waals surface area contributed by atoms with Crippen LogP contribution in [0.15, 0.2) is 40.8 Å². The Morgan fingerprint density at radius 2 is 2.04 bits per heavy atom. The van der Waals surface area contributed by atoms with Gasteiger partial charge in [-0.15, -0.1) is 0 Å². The molecule has 1 aromatic carbocycles. The zero-order valence-corrected chi connectivity index (χ0v) is 15.2. The van der Waals surface area contributed by atoms with Gasteiger partial charge in [0.1, 0.15) is 0 Å². The molecular weight excluding hydrogens is 340 g/mol. The fourth-order valence-electron chi connectivity index (χ4n) is 3.04. The van der Waals surface area contributed by atoms with Crippen LogP contribution in [0, 0.1) is 0 Å². The SMILES string of the molecule is CC1=CCN(C(=O)c2cccc(S(=O)(=O)NC3CCOCC3)c2)CC1. The van der Waals surface area contributed by atoms with Crippen LogP contribution in [0.4, 0.5) is 0 Å². The minimum atomic E-state index is -3.64. The Labute approximate surface area is 148 Å². The Balaban J connectivity index is 1.75. The van der Waals surface area contributed by atoms with Crippen LogP contribution in [-0.2, 0) is 14.8 Å². The average molecular weight is 364 g/mol. The fourth-order valence-corrected chi connectivity index (χ4v) is 4.39. The summed E-state index contributed by atoms with van der Waals surface area (Å²) in [4.78, 5) is 14.5. The topological polar surface area (TPSA) is 75.7 Å². The second kappa shape index (κ2) is 7.68. The first-order valence-electron chi connectivity index (χ1n) is 8.61. The van der Waals surface area contributed by atoms with E-state index < -0.39 is 10.0 Å². The van der Waals surface area contributed by atoms with Gasteiger partial charge in [-0.2, -0.15) is 0 Å². The molecule has 1 amide bonds. The van der Waals surface area contributed by atoms with Crippen LogP contribution in [0.3, 0.4) is 0 Å². The lowest BCUT2D eigenvalue weighted by Crippen LogP contribution is -2.39.